The number of rotatable bonds is 17. The van der Waals surface area contributed by atoms with Crippen LogP contribution in [0.5, 0.6) is 0 Å². The molecular formula is C20H22F15NO. The summed E-state index contributed by atoms with van der Waals surface area (Å²) in [6, 6.07) is 0. The molecule has 0 saturated heterocycles. The largest absolute Gasteiger partial charge is 0.291 e. The van der Waals surface area contributed by atoms with Gasteiger partial charge in [-0.15, -0.1) is 0 Å². The van der Waals surface area contributed by atoms with E-state index in [0.717, 1.165) is 0 Å². The Labute approximate surface area is 201 Å². The van der Waals surface area contributed by atoms with Gasteiger partial charge in [-0.3, -0.25) is 9.18 Å². The molecule has 2 nitrogen and oxygen atoms in total. The Morgan fingerprint density at radius 1 is 0.568 bits per heavy atom. The van der Waals surface area contributed by atoms with Crippen molar-refractivity contribution in [2.45, 2.75) is 99.2 Å². The fraction of sp³-hybridized carbons (Fsp3) is 0.850. The lowest BCUT2D eigenvalue weighted by atomic mass is 9.93. The molecule has 0 aromatic rings. The van der Waals surface area contributed by atoms with E-state index in [1.807, 2.05) is 0 Å². The predicted molar refractivity (Wildman–Crippen MR) is 102 cm³/mol. The van der Waals surface area contributed by atoms with Gasteiger partial charge in [0.15, 0.2) is 74.1 Å². The lowest BCUT2D eigenvalue weighted by Crippen LogP contribution is -2.51. The van der Waals surface area contributed by atoms with Gasteiger partial charge in [0.1, 0.15) is 6.17 Å². The van der Waals surface area contributed by atoms with E-state index in [1.54, 1.807) is 0 Å². The predicted octanol–water partition coefficient (Wildman–Crippen LogP) is 5.85. The van der Waals surface area contributed by atoms with E-state index in [-0.39, 0.29) is 0 Å². The minimum atomic E-state index is -4.29. The van der Waals surface area contributed by atoms with E-state index in [1.165, 1.54) is 5.87 Å². The third-order valence-corrected chi connectivity index (χ3v) is 5.01. The minimum absolute atomic E-state index is 0.669. The van der Waals surface area contributed by atoms with Crippen LogP contribution in [0.1, 0.15) is 12.8 Å². The van der Waals surface area contributed by atoms with Crippen molar-refractivity contribution in [2.24, 2.45) is 4.99 Å². The average molecular weight is 577 g/mol. The number of carbonyl (C=O) groups is 1. The van der Waals surface area contributed by atoms with Crippen molar-refractivity contribution < 1.29 is 70.7 Å². The number of hydrogen-bond acceptors (Lipinski definition) is 1. The molecule has 0 aliphatic carbocycles. The van der Waals surface area contributed by atoms with Crippen molar-refractivity contribution in [1.82, 2.24) is 0 Å². The molecule has 0 spiro atoms. The van der Waals surface area contributed by atoms with Crippen molar-refractivity contribution in [3.8, 4) is 0 Å². The van der Waals surface area contributed by atoms with Crippen LogP contribution < -0.4 is 0 Å². The summed E-state index contributed by atoms with van der Waals surface area (Å²) in [7, 11) is 0. The Balaban J connectivity index is 5.30. The molecule has 37 heavy (non-hydrogen) atoms. The lowest BCUT2D eigenvalue weighted by Gasteiger charge is -2.29. The van der Waals surface area contributed by atoms with Crippen molar-refractivity contribution in [1.29, 1.82) is 0 Å². The van der Waals surface area contributed by atoms with Crippen LogP contribution in [0.25, 0.3) is 0 Å². The first-order valence-electron chi connectivity index (χ1n) is 10.4. The van der Waals surface area contributed by atoms with E-state index in [9.17, 15) is 70.7 Å². The summed E-state index contributed by atoms with van der Waals surface area (Å²) in [5.74, 6) is -0.714. The number of alkyl halides is 15. The van der Waals surface area contributed by atoms with Gasteiger partial charge in [0, 0.05) is 0 Å². The van der Waals surface area contributed by atoms with Gasteiger partial charge in [-0.1, -0.05) is 0 Å². The maximum absolute atomic E-state index is 13.8. The lowest BCUT2D eigenvalue weighted by molar-refractivity contribution is -0.127. The zero-order valence-corrected chi connectivity index (χ0v) is 18.4. The van der Waals surface area contributed by atoms with E-state index in [2.05, 4.69) is 11.6 Å². The van der Waals surface area contributed by atoms with Gasteiger partial charge in [-0.2, -0.15) is 4.99 Å². The molecule has 17 heteroatoms. The summed E-state index contributed by atoms with van der Waals surface area (Å²) >= 11 is 0. The fourth-order valence-electron chi connectivity index (χ4n) is 2.82. The van der Waals surface area contributed by atoms with Crippen LogP contribution in [-0.2, 0) is 4.79 Å². The van der Waals surface area contributed by atoms with Crippen molar-refractivity contribution in [3.63, 3.8) is 0 Å². The first-order chi connectivity index (χ1) is 17.1. The second kappa shape index (κ2) is 16.1. The number of aliphatic imine (C=N–C) groups is 1. The Morgan fingerprint density at radius 3 is 1.16 bits per heavy atom. The molecule has 0 rings (SSSR count). The third-order valence-electron chi connectivity index (χ3n) is 5.01. The van der Waals surface area contributed by atoms with Gasteiger partial charge < -0.3 is 0 Å². The number of nitrogens with zero attached hydrogens (tertiary/aromatic N) is 1. The second-order valence-electron chi connectivity index (χ2n) is 7.69. The zero-order chi connectivity index (χ0) is 29.2. The normalized spacial score (nSPS) is 23.5. The van der Waals surface area contributed by atoms with Gasteiger partial charge in [0.2, 0.25) is 6.17 Å². The smallest absolute Gasteiger partial charge is 0.268 e. The van der Waals surface area contributed by atoms with E-state index in [4.69, 9.17) is 0 Å². The van der Waals surface area contributed by atoms with E-state index < -0.39 is 112 Å². The molecule has 14 atom stereocenters. The number of hydrogen-bond donors (Lipinski definition) is 0. The van der Waals surface area contributed by atoms with Crippen molar-refractivity contribution in [2.75, 3.05) is 6.67 Å². The van der Waals surface area contributed by atoms with Crippen molar-refractivity contribution >= 4 is 11.8 Å². The maximum Gasteiger partial charge on any atom is 0.291 e. The molecule has 0 N–H and O–H groups in total. The Bertz CT molecular complexity index is 728. The molecule has 0 aromatic carbocycles. The Morgan fingerprint density at radius 2 is 0.865 bits per heavy atom. The minimum Gasteiger partial charge on any atom is -0.268 e. The fourth-order valence-corrected chi connectivity index (χ4v) is 2.82. The Hall–Kier alpha value is -1.93. The molecular weight excluding hydrogens is 555 g/mol. The molecule has 0 fully saturated rings. The Kier molecular flexibility index (Phi) is 15.3. The quantitative estimate of drug-likeness (QED) is 0.158. The van der Waals surface area contributed by atoms with Crippen LogP contribution in [0.3, 0.4) is 0 Å². The summed E-state index contributed by atoms with van der Waals surface area (Å²) in [5.41, 5.74) is 0. The van der Waals surface area contributed by atoms with Crippen LogP contribution >= 0.6 is 0 Å². The molecule has 1 amide bonds. The number of amides is 1. The highest BCUT2D eigenvalue weighted by atomic mass is 19.2. The van der Waals surface area contributed by atoms with E-state index in [0.29, 0.717) is 0 Å². The molecule has 218 valence electrons. The van der Waals surface area contributed by atoms with Crippen LogP contribution in [-0.4, -0.2) is 105 Å². The van der Waals surface area contributed by atoms with Gasteiger partial charge in [-0.05, 0) is 25.3 Å². The highest BCUT2D eigenvalue weighted by molar-refractivity contribution is 5.87. The molecule has 0 bridgehead atoms. The molecule has 14 unspecified atom stereocenters. The average Bonchev–Trinajstić information content (AvgIpc) is 2.90. The molecule has 0 aliphatic heterocycles. The monoisotopic (exact) mass is 577 g/mol. The second-order valence-corrected chi connectivity index (χ2v) is 7.69. The van der Waals surface area contributed by atoms with E-state index >= 15 is 0 Å². The van der Waals surface area contributed by atoms with Gasteiger partial charge in [0.25, 0.3) is 5.91 Å². The number of halogens is 15. The van der Waals surface area contributed by atoms with Crippen LogP contribution in [0.4, 0.5) is 65.9 Å². The molecule has 0 heterocycles. The van der Waals surface area contributed by atoms with Crippen LogP contribution in [0.15, 0.2) is 11.6 Å². The topological polar surface area (TPSA) is 29.4 Å². The first kappa shape index (κ1) is 35.1. The summed E-state index contributed by atoms with van der Waals surface area (Å²) < 4.78 is 203. The maximum atomic E-state index is 13.8. The molecule has 0 aliphatic rings. The van der Waals surface area contributed by atoms with Gasteiger partial charge in [-0.25, -0.2) is 61.5 Å². The summed E-state index contributed by atoms with van der Waals surface area (Å²) in [6.45, 7) is 1.48. The summed E-state index contributed by atoms with van der Waals surface area (Å²) in [5, 5.41) is 0. The third kappa shape index (κ3) is 9.40. The highest BCUT2D eigenvalue weighted by Crippen LogP contribution is 2.32. The molecule has 0 radical (unpaired) electrons. The van der Waals surface area contributed by atoms with Gasteiger partial charge >= 0.3 is 0 Å². The summed E-state index contributed by atoms with van der Waals surface area (Å²) in [6.07, 6.45) is -57.1. The SMILES string of the molecule is C=C=NC(=O)C(F)C(F)C(F)C(F)C(F)C(F)C(F)C(F)C(F)C(F)C(F)C(F)C(F)C(F)CCCF. The molecule has 0 saturated carbocycles. The van der Waals surface area contributed by atoms with Gasteiger partial charge in [0.05, 0.1) is 6.67 Å². The first-order valence-corrected chi connectivity index (χ1v) is 10.4. The standard InChI is InChI=1S/C20H22F15NO/c1-2-36-20(37)19(35)18(34)17(33)16(32)15(31)14(30)13(29)12(28)11(27)10(26)9(25)8(24)7(23)6(22)4-3-5-21/h6-19H,1,3-5H2. The zero-order valence-electron chi connectivity index (χ0n) is 18.4. The number of carbonyl (C=O) groups excluding carboxylic acids is 1. The summed E-state index contributed by atoms with van der Waals surface area (Å²) in [4.78, 5) is 13.4. The van der Waals surface area contributed by atoms with Crippen LogP contribution in [0, 0.1) is 0 Å². The van der Waals surface area contributed by atoms with Crippen molar-refractivity contribution in [3.05, 3.63) is 6.58 Å². The molecule has 0 aromatic heterocycles. The van der Waals surface area contributed by atoms with Crippen LogP contribution in [0.2, 0.25) is 0 Å². The highest BCUT2D eigenvalue weighted by Gasteiger charge is 2.52.